The Labute approximate surface area is 145 Å². The van der Waals surface area contributed by atoms with E-state index in [9.17, 15) is 0 Å². The Morgan fingerprint density at radius 2 is 1.91 bits per heavy atom. The van der Waals surface area contributed by atoms with E-state index in [1.165, 1.54) is 0 Å². The summed E-state index contributed by atoms with van der Waals surface area (Å²) < 4.78 is 16.6. The molecule has 0 spiro atoms. The Bertz CT molecular complexity index is 641. The number of hydrogen-bond donors (Lipinski definition) is 0. The Hall–Kier alpha value is -2.02. The highest BCUT2D eigenvalue weighted by molar-refractivity contribution is 9.10. The minimum absolute atomic E-state index is 0.133. The SMILES string of the molecule is COCOc1c(OC)ccc(CCCC(C)=C(C#N)C#N)c1Br. The first-order valence-electron chi connectivity index (χ1n) is 7.06. The van der Waals surface area contributed by atoms with Gasteiger partial charge in [-0.15, -0.1) is 0 Å². The maximum atomic E-state index is 8.85. The summed E-state index contributed by atoms with van der Waals surface area (Å²) in [6.07, 6.45) is 2.31. The fourth-order valence-electron chi connectivity index (χ4n) is 2.07. The van der Waals surface area contributed by atoms with Gasteiger partial charge in [0.05, 0.1) is 11.6 Å². The van der Waals surface area contributed by atoms with E-state index in [2.05, 4.69) is 15.9 Å². The van der Waals surface area contributed by atoms with Crippen LogP contribution in [0.4, 0.5) is 0 Å². The molecule has 1 aromatic carbocycles. The summed E-state index contributed by atoms with van der Waals surface area (Å²) in [5, 5.41) is 17.7. The van der Waals surface area contributed by atoms with Gasteiger partial charge in [0.25, 0.3) is 0 Å². The lowest BCUT2D eigenvalue weighted by molar-refractivity contribution is 0.0485. The average molecular weight is 379 g/mol. The molecule has 0 aliphatic carbocycles. The summed E-state index contributed by atoms with van der Waals surface area (Å²) in [7, 11) is 3.14. The number of nitriles is 2. The maximum Gasteiger partial charge on any atom is 0.188 e. The first-order valence-corrected chi connectivity index (χ1v) is 7.85. The fourth-order valence-corrected chi connectivity index (χ4v) is 2.71. The van der Waals surface area contributed by atoms with Gasteiger partial charge in [0.15, 0.2) is 18.3 Å². The van der Waals surface area contributed by atoms with Crippen LogP contribution in [0.1, 0.15) is 25.3 Å². The van der Waals surface area contributed by atoms with Gasteiger partial charge in [-0.05, 0) is 59.3 Å². The van der Waals surface area contributed by atoms with Crippen LogP contribution in [0, 0.1) is 22.7 Å². The van der Waals surface area contributed by atoms with Gasteiger partial charge in [-0.25, -0.2) is 0 Å². The lowest BCUT2D eigenvalue weighted by Crippen LogP contribution is -2.03. The molecule has 0 aromatic heterocycles. The van der Waals surface area contributed by atoms with Crippen LogP contribution in [0.3, 0.4) is 0 Å². The summed E-state index contributed by atoms with van der Waals surface area (Å²) in [5.41, 5.74) is 2.08. The zero-order chi connectivity index (χ0) is 17.2. The number of halogens is 1. The summed E-state index contributed by atoms with van der Waals surface area (Å²) in [4.78, 5) is 0. The average Bonchev–Trinajstić information content (AvgIpc) is 2.56. The highest BCUT2D eigenvalue weighted by atomic mass is 79.9. The van der Waals surface area contributed by atoms with Crippen molar-refractivity contribution in [2.24, 2.45) is 0 Å². The Balaban J connectivity index is 2.84. The van der Waals surface area contributed by atoms with Crippen molar-refractivity contribution in [2.75, 3.05) is 21.0 Å². The molecule has 5 nitrogen and oxygen atoms in total. The van der Waals surface area contributed by atoms with E-state index < -0.39 is 0 Å². The van der Waals surface area contributed by atoms with Gasteiger partial charge < -0.3 is 14.2 Å². The molecule has 6 heteroatoms. The molecule has 0 radical (unpaired) electrons. The third-order valence-electron chi connectivity index (χ3n) is 3.33. The van der Waals surface area contributed by atoms with Crippen LogP contribution >= 0.6 is 15.9 Å². The molecule has 0 aliphatic heterocycles. The van der Waals surface area contributed by atoms with Crippen LogP contribution in [-0.4, -0.2) is 21.0 Å². The van der Waals surface area contributed by atoms with Crippen molar-refractivity contribution in [1.82, 2.24) is 0 Å². The number of rotatable bonds is 8. The predicted octanol–water partition coefficient (Wildman–Crippen LogP) is 4.13. The quantitative estimate of drug-likeness (QED) is 0.502. The summed E-state index contributed by atoms with van der Waals surface area (Å²) >= 11 is 3.55. The van der Waals surface area contributed by atoms with E-state index >= 15 is 0 Å². The predicted molar refractivity (Wildman–Crippen MR) is 90.1 cm³/mol. The van der Waals surface area contributed by atoms with E-state index in [0.717, 1.165) is 28.5 Å². The molecular weight excluding hydrogens is 360 g/mol. The van der Waals surface area contributed by atoms with Crippen molar-refractivity contribution in [3.63, 3.8) is 0 Å². The van der Waals surface area contributed by atoms with Gasteiger partial charge in [-0.1, -0.05) is 6.07 Å². The first kappa shape index (κ1) is 19.0. The molecule has 1 rings (SSSR count). The maximum absolute atomic E-state index is 8.85. The molecular formula is C17H19BrN2O3. The molecule has 23 heavy (non-hydrogen) atoms. The van der Waals surface area contributed by atoms with E-state index in [1.54, 1.807) is 14.2 Å². The molecule has 0 unspecified atom stereocenters. The number of methoxy groups -OCH3 is 2. The van der Waals surface area contributed by atoms with Crippen LogP contribution in [0.5, 0.6) is 11.5 Å². The van der Waals surface area contributed by atoms with Gasteiger partial charge in [-0.2, -0.15) is 10.5 Å². The van der Waals surface area contributed by atoms with Crippen LogP contribution in [0.15, 0.2) is 27.8 Å². The van der Waals surface area contributed by atoms with Crippen LogP contribution < -0.4 is 9.47 Å². The standard InChI is InChI=1S/C17H19BrN2O3/c1-12(14(9-19)10-20)5-4-6-13-7-8-15(22-3)17(16(13)18)23-11-21-2/h7-8H,4-6,11H2,1-3H3. The number of benzene rings is 1. The van der Waals surface area contributed by atoms with Crippen molar-refractivity contribution < 1.29 is 14.2 Å². The molecule has 0 amide bonds. The van der Waals surface area contributed by atoms with Crippen LogP contribution in [0.2, 0.25) is 0 Å². The zero-order valence-corrected chi connectivity index (χ0v) is 15.1. The van der Waals surface area contributed by atoms with E-state index in [4.69, 9.17) is 24.7 Å². The second kappa shape index (κ2) is 9.89. The monoisotopic (exact) mass is 378 g/mol. The molecule has 122 valence electrons. The minimum atomic E-state index is 0.133. The van der Waals surface area contributed by atoms with E-state index in [1.807, 2.05) is 31.2 Å². The summed E-state index contributed by atoms with van der Waals surface area (Å²) in [6, 6.07) is 7.66. The lowest BCUT2D eigenvalue weighted by atomic mass is 10.0. The molecule has 0 N–H and O–H groups in total. The van der Waals surface area contributed by atoms with Crippen LogP contribution in [-0.2, 0) is 11.2 Å². The van der Waals surface area contributed by atoms with Crippen molar-refractivity contribution in [1.29, 1.82) is 10.5 Å². The number of hydrogen-bond acceptors (Lipinski definition) is 5. The fraction of sp³-hybridized carbons (Fsp3) is 0.412. The molecule has 0 bridgehead atoms. The van der Waals surface area contributed by atoms with Gasteiger partial charge in [0, 0.05) is 7.11 Å². The van der Waals surface area contributed by atoms with E-state index in [0.29, 0.717) is 17.9 Å². The second-order valence-electron chi connectivity index (χ2n) is 4.85. The smallest absolute Gasteiger partial charge is 0.188 e. The highest BCUT2D eigenvalue weighted by Gasteiger charge is 2.13. The highest BCUT2D eigenvalue weighted by Crippen LogP contribution is 2.38. The van der Waals surface area contributed by atoms with Crippen molar-refractivity contribution in [3.05, 3.63) is 33.3 Å². The summed E-state index contributed by atoms with van der Waals surface area (Å²) in [6.45, 7) is 1.95. The molecule has 0 heterocycles. The molecule has 0 atom stereocenters. The zero-order valence-electron chi connectivity index (χ0n) is 13.5. The molecule has 0 saturated heterocycles. The van der Waals surface area contributed by atoms with Crippen LogP contribution in [0.25, 0.3) is 0 Å². The van der Waals surface area contributed by atoms with Gasteiger partial charge in [0.2, 0.25) is 0 Å². The Morgan fingerprint density at radius 3 is 2.48 bits per heavy atom. The topological polar surface area (TPSA) is 75.3 Å². The Morgan fingerprint density at radius 1 is 1.22 bits per heavy atom. The number of nitrogens with zero attached hydrogens (tertiary/aromatic N) is 2. The Kier molecular flexibility index (Phi) is 8.18. The van der Waals surface area contributed by atoms with Gasteiger partial charge in [-0.3, -0.25) is 0 Å². The molecule has 0 saturated carbocycles. The lowest BCUT2D eigenvalue weighted by Gasteiger charge is -2.15. The largest absolute Gasteiger partial charge is 0.493 e. The molecule has 0 aliphatic rings. The normalized spacial score (nSPS) is 9.65. The van der Waals surface area contributed by atoms with Gasteiger partial charge >= 0.3 is 0 Å². The van der Waals surface area contributed by atoms with Gasteiger partial charge in [0.1, 0.15) is 17.7 Å². The third-order valence-corrected chi connectivity index (χ3v) is 4.20. The minimum Gasteiger partial charge on any atom is -0.493 e. The summed E-state index contributed by atoms with van der Waals surface area (Å²) in [5.74, 6) is 1.24. The van der Waals surface area contributed by atoms with Crippen molar-refractivity contribution in [2.45, 2.75) is 26.2 Å². The second-order valence-corrected chi connectivity index (χ2v) is 5.65. The number of allylic oxidation sites excluding steroid dienone is 2. The third kappa shape index (κ3) is 5.28. The number of ether oxygens (including phenoxy) is 3. The van der Waals surface area contributed by atoms with Crippen molar-refractivity contribution >= 4 is 15.9 Å². The molecule has 1 aromatic rings. The van der Waals surface area contributed by atoms with Crippen molar-refractivity contribution in [3.8, 4) is 23.6 Å². The molecule has 0 fully saturated rings. The number of aryl methyl sites for hydroxylation is 1. The van der Waals surface area contributed by atoms with E-state index in [-0.39, 0.29) is 12.4 Å². The first-order chi connectivity index (χ1) is 11.1.